The number of aryl methyl sites for hydroxylation is 2. The lowest BCUT2D eigenvalue weighted by atomic mass is 10.1. The van der Waals surface area contributed by atoms with Crippen molar-refractivity contribution in [2.24, 2.45) is 0 Å². The molecule has 0 heterocycles. The quantitative estimate of drug-likeness (QED) is 0.874. The molecule has 0 fully saturated rings. The highest BCUT2D eigenvalue weighted by molar-refractivity contribution is 5.38. The number of rotatable bonds is 5. The van der Waals surface area contributed by atoms with Crippen molar-refractivity contribution in [3.8, 4) is 11.5 Å². The van der Waals surface area contributed by atoms with Crippen LogP contribution in [0.5, 0.6) is 11.5 Å². The molecule has 2 rings (SSSR count). The molecule has 20 heavy (non-hydrogen) atoms. The summed E-state index contributed by atoms with van der Waals surface area (Å²) in [5.41, 5.74) is 3.03. The van der Waals surface area contributed by atoms with Gasteiger partial charge in [-0.25, -0.2) is 4.39 Å². The maximum atomic E-state index is 13.5. The summed E-state index contributed by atoms with van der Waals surface area (Å²) in [6, 6.07) is 10.8. The molecule has 0 aliphatic rings. The summed E-state index contributed by atoms with van der Waals surface area (Å²) < 4.78 is 19.2. The number of nitrogens with one attached hydrogen (secondary N) is 1. The summed E-state index contributed by atoms with van der Waals surface area (Å²) in [6.07, 6.45) is 0. The molecule has 0 radical (unpaired) electrons. The first kappa shape index (κ1) is 14.5. The van der Waals surface area contributed by atoms with Crippen LogP contribution in [0.2, 0.25) is 0 Å². The fourth-order valence-electron chi connectivity index (χ4n) is 1.96. The molecule has 2 aromatic carbocycles. The Labute approximate surface area is 119 Å². The summed E-state index contributed by atoms with van der Waals surface area (Å²) in [4.78, 5) is 0. The molecule has 0 atom stereocenters. The molecule has 2 nitrogen and oxygen atoms in total. The predicted octanol–water partition coefficient (Wildman–Crippen LogP) is 4.34. The Kier molecular flexibility index (Phi) is 4.74. The number of hydrogen-bond donors (Lipinski definition) is 1. The SMILES string of the molecule is CCNCc1ccc(Oc2ccc(C)c(F)c2)cc1C. The van der Waals surface area contributed by atoms with Crippen molar-refractivity contribution in [2.45, 2.75) is 27.3 Å². The minimum atomic E-state index is -0.247. The van der Waals surface area contributed by atoms with Crippen molar-refractivity contribution in [1.29, 1.82) is 0 Å². The average molecular weight is 273 g/mol. The van der Waals surface area contributed by atoms with Crippen LogP contribution in [0.4, 0.5) is 4.39 Å². The minimum Gasteiger partial charge on any atom is -0.457 e. The normalized spacial score (nSPS) is 10.6. The van der Waals surface area contributed by atoms with E-state index in [1.54, 1.807) is 19.1 Å². The van der Waals surface area contributed by atoms with E-state index in [4.69, 9.17) is 4.74 Å². The molecule has 2 aromatic rings. The Morgan fingerprint density at radius 1 is 1.00 bits per heavy atom. The lowest BCUT2D eigenvalue weighted by molar-refractivity contribution is 0.475. The van der Waals surface area contributed by atoms with Crippen molar-refractivity contribution >= 4 is 0 Å². The predicted molar refractivity (Wildman–Crippen MR) is 79.8 cm³/mol. The molecule has 3 heteroatoms. The van der Waals surface area contributed by atoms with Crippen LogP contribution in [0, 0.1) is 19.7 Å². The van der Waals surface area contributed by atoms with E-state index in [1.807, 2.05) is 18.2 Å². The first-order valence-electron chi connectivity index (χ1n) is 6.84. The molecule has 0 bridgehead atoms. The van der Waals surface area contributed by atoms with Gasteiger partial charge in [-0.3, -0.25) is 0 Å². The highest BCUT2D eigenvalue weighted by Gasteiger charge is 2.04. The van der Waals surface area contributed by atoms with Crippen molar-refractivity contribution < 1.29 is 9.13 Å². The molecule has 106 valence electrons. The van der Waals surface area contributed by atoms with E-state index in [9.17, 15) is 4.39 Å². The van der Waals surface area contributed by atoms with Crippen LogP contribution in [-0.2, 0) is 6.54 Å². The third-order valence-corrected chi connectivity index (χ3v) is 3.26. The summed E-state index contributed by atoms with van der Waals surface area (Å²) in [5.74, 6) is 1.00. The summed E-state index contributed by atoms with van der Waals surface area (Å²) >= 11 is 0. The molecule has 1 N–H and O–H groups in total. The van der Waals surface area contributed by atoms with E-state index >= 15 is 0 Å². The molecule has 0 amide bonds. The van der Waals surface area contributed by atoms with Gasteiger partial charge in [-0.05, 0) is 55.3 Å². The lowest BCUT2D eigenvalue weighted by Gasteiger charge is -2.11. The van der Waals surface area contributed by atoms with Crippen molar-refractivity contribution in [1.82, 2.24) is 5.32 Å². The average Bonchev–Trinajstić information content (AvgIpc) is 2.42. The zero-order chi connectivity index (χ0) is 14.5. The Morgan fingerprint density at radius 3 is 2.35 bits per heavy atom. The maximum absolute atomic E-state index is 13.5. The minimum absolute atomic E-state index is 0.247. The van der Waals surface area contributed by atoms with E-state index in [1.165, 1.54) is 11.6 Å². The third kappa shape index (κ3) is 3.58. The van der Waals surface area contributed by atoms with Crippen molar-refractivity contribution in [3.63, 3.8) is 0 Å². The van der Waals surface area contributed by atoms with Gasteiger partial charge in [-0.15, -0.1) is 0 Å². The second-order valence-electron chi connectivity index (χ2n) is 4.88. The molecule has 0 spiro atoms. The van der Waals surface area contributed by atoms with E-state index in [0.717, 1.165) is 24.4 Å². The fourth-order valence-corrected chi connectivity index (χ4v) is 1.96. The second kappa shape index (κ2) is 6.53. The maximum Gasteiger partial charge on any atom is 0.130 e. The molecular formula is C17H20FNO. The largest absolute Gasteiger partial charge is 0.457 e. The van der Waals surface area contributed by atoms with Gasteiger partial charge >= 0.3 is 0 Å². The number of halogens is 1. The van der Waals surface area contributed by atoms with Crippen LogP contribution < -0.4 is 10.1 Å². The molecular weight excluding hydrogens is 253 g/mol. The van der Waals surface area contributed by atoms with Gasteiger partial charge in [-0.1, -0.05) is 19.1 Å². The Hall–Kier alpha value is -1.87. The first-order chi connectivity index (χ1) is 9.60. The van der Waals surface area contributed by atoms with E-state index in [-0.39, 0.29) is 5.82 Å². The standard InChI is InChI=1S/C17H20FNO/c1-4-19-11-14-6-8-15(9-13(14)3)20-16-7-5-12(2)17(18)10-16/h5-10,19H,4,11H2,1-3H3. The third-order valence-electron chi connectivity index (χ3n) is 3.26. The lowest BCUT2D eigenvalue weighted by Crippen LogP contribution is -2.12. The van der Waals surface area contributed by atoms with Crippen LogP contribution in [0.25, 0.3) is 0 Å². The van der Waals surface area contributed by atoms with Gasteiger partial charge in [0.15, 0.2) is 0 Å². The topological polar surface area (TPSA) is 21.3 Å². The zero-order valence-electron chi connectivity index (χ0n) is 12.2. The van der Waals surface area contributed by atoms with Crippen molar-refractivity contribution in [3.05, 3.63) is 58.9 Å². The van der Waals surface area contributed by atoms with Crippen LogP contribution in [0.1, 0.15) is 23.6 Å². The van der Waals surface area contributed by atoms with E-state index in [2.05, 4.69) is 19.2 Å². The van der Waals surface area contributed by atoms with Crippen LogP contribution >= 0.6 is 0 Å². The van der Waals surface area contributed by atoms with Gasteiger partial charge in [0.1, 0.15) is 17.3 Å². The first-order valence-corrected chi connectivity index (χ1v) is 6.84. The van der Waals surface area contributed by atoms with Gasteiger partial charge in [0.05, 0.1) is 0 Å². The van der Waals surface area contributed by atoms with E-state index < -0.39 is 0 Å². The number of ether oxygens (including phenoxy) is 1. The molecule has 0 aromatic heterocycles. The fraction of sp³-hybridized carbons (Fsp3) is 0.294. The Morgan fingerprint density at radius 2 is 1.70 bits per heavy atom. The molecule has 0 unspecified atom stereocenters. The molecule has 0 aliphatic carbocycles. The summed E-state index contributed by atoms with van der Waals surface area (Å²) in [7, 11) is 0. The number of hydrogen-bond acceptors (Lipinski definition) is 2. The zero-order valence-corrected chi connectivity index (χ0v) is 12.2. The van der Waals surface area contributed by atoms with Gasteiger partial charge in [0.25, 0.3) is 0 Å². The van der Waals surface area contributed by atoms with Crippen LogP contribution in [0.3, 0.4) is 0 Å². The Bertz CT molecular complexity index is 596. The molecule has 0 saturated carbocycles. The van der Waals surface area contributed by atoms with Gasteiger partial charge < -0.3 is 10.1 Å². The van der Waals surface area contributed by atoms with Crippen LogP contribution in [0.15, 0.2) is 36.4 Å². The highest BCUT2D eigenvalue weighted by atomic mass is 19.1. The van der Waals surface area contributed by atoms with Gasteiger partial charge in [-0.2, -0.15) is 0 Å². The summed E-state index contributed by atoms with van der Waals surface area (Å²) in [5, 5.41) is 3.30. The number of benzene rings is 2. The van der Waals surface area contributed by atoms with Gasteiger partial charge in [0, 0.05) is 12.6 Å². The Balaban J connectivity index is 2.13. The monoisotopic (exact) mass is 273 g/mol. The summed E-state index contributed by atoms with van der Waals surface area (Å²) in [6.45, 7) is 7.66. The van der Waals surface area contributed by atoms with E-state index in [0.29, 0.717) is 11.3 Å². The van der Waals surface area contributed by atoms with Gasteiger partial charge in [0.2, 0.25) is 0 Å². The molecule has 0 saturated heterocycles. The highest BCUT2D eigenvalue weighted by Crippen LogP contribution is 2.25. The smallest absolute Gasteiger partial charge is 0.130 e. The second-order valence-corrected chi connectivity index (χ2v) is 4.88. The van der Waals surface area contributed by atoms with Crippen LogP contribution in [-0.4, -0.2) is 6.54 Å². The molecule has 0 aliphatic heterocycles. The van der Waals surface area contributed by atoms with Crippen molar-refractivity contribution in [2.75, 3.05) is 6.54 Å².